The Morgan fingerprint density at radius 3 is 2.56 bits per heavy atom. The summed E-state index contributed by atoms with van der Waals surface area (Å²) in [7, 11) is 0. The molecule has 0 bridgehead atoms. The number of aromatic hydroxyl groups is 1. The molecule has 0 atom stereocenters. The number of hydrogen-bond donors (Lipinski definition) is 2. The Kier molecular flexibility index (Phi) is 3.41. The van der Waals surface area contributed by atoms with Crippen LogP contribution in [0.5, 0.6) is 5.75 Å². The van der Waals surface area contributed by atoms with Crippen LogP contribution in [0.2, 0.25) is 0 Å². The first-order valence-electron chi connectivity index (χ1n) is 4.44. The Balaban J connectivity index is 2.74. The highest BCUT2D eigenvalue weighted by molar-refractivity contribution is 5.95. The Morgan fingerprint density at radius 2 is 2.06 bits per heavy atom. The van der Waals surface area contributed by atoms with E-state index in [1.807, 2.05) is 0 Å². The number of nitrogens with one attached hydrogen (secondary N) is 1. The monoisotopic (exact) mass is 233 g/mol. The van der Waals surface area contributed by atoms with Crippen LogP contribution in [0.15, 0.2) is 18.2 Å². The van der Waals surface area contributed by atoms with Crippen LogP contribution in [0, 0.1) is 6.92 Å². The van der Waals surface area contributed by atoms with Crippen molar-refractivity contribution in [1.82, 2.24) is 5.32 Å². The lowest BCUT2D eigenvalue weighted by Crippen LogP contribution is -2.34. The second-order valence-corrected chi connectivity index (χ2v) is 3.30. The van der Waals surface area contributed by atoms with E-state index in [-0.39, 0.29) is 11.3 Å². The van der Waals surface area contributed by atoms with Gasteiger partial charge in [-0.05, 0) is 30.7 Å². The van der Waals surface area contributed by atoms with Gasteiger partial charge in [-0.2, -0.15) is 13.2 Å². The van der Waals surface area contributed by atoms with Crippen LogP contribution in [0.25, 0.3) is 0 Å². The lowest BCUT2D eigenvalue weighted by Gasteiger charge is -2.09. The molecule has 6 heteroatoms. The van der Waals surface area contributed by atoms with E-state index in [0.29, 0.717) is 5.56 Å². The van der Waals surface area contributed by atoms with Gasteiger partial charge < -0.3 is 10.4 Å². The van der Waals surface area contributed by atoms with Gasteiger partial charge in [0.25, 0.3) is 5.91 Å². The second-order valence-electron chi connectivity index (χ2n) is 3.30. The first-order valence-corrected chi connectivity index (χ1v) is 4.44. The van der Waals surface area contributed by atoms with Crippen molar-refractivity contribution in [1.29, 1.82) is 0 Å². The van der Waals surface area contributed by atoms with Crippen LogP contribution in [0.4, 0.5) is 13.2 Å². The van der Waals surface area contributed by atoms with Gasteiger partial charge in [-0.25, -0.2) is 0 Å². The fourth-order valence-corrected chi connectivity index (χ4v) is 1.18. The Bertz CT molecular complexity index is 402. The summed E-state index contributed by atoms with van der Waals surface area (Å²) in [4.78, 5) is 11.3. The third-order valence-electron chi connectivity index (χ3n) is 1.90. The molecule has 2 N–H and O–H groups in total. The fourth-order valence-electron chi connectivity index (χ4n) is 1.18. The minimum absolute atomic E-state index is 0.0372. The van der Waals surface area contributed by atoms with E-state index in [4.69, 9.17) is 5.11 Å². The quantitative estimate of drug-likeness (QED) is 0.820. The van der Waals surface area contributed by atoms with Gasteiger partial charge in [0.1, 0.15) is 12.3 Å². The number of rotatable bonds is 2. The Morgan fingerprint density at radius 1 is 1.44 bits per heavy atom. The van der Waals surface area contributed by atoms with Crippen molar-refractivity contribution < 1.29 is 23.1 Å². The lowest BCUT2D eigenvalue weighted by molar-refractivity contribution is -0.123. The fraction of sp³-hybridized carbons (Fsp3) is 0.300. The molecule has 1 aromatic carbocycles. The molecule has 3 nitrogen and oxygen atoms in total. The molecule has 16 heavy (non-hydrogen) atoms. The topological polar surface area (TPSA) is 49.3 Å². The SMILES string of the molecule is Cc1cc(O)ccc1C(=O)NCC(F)(F)F. The van der Waals surface area contributed by atoms with Crippen molar-refractivity contribution in [3.8, 4) is 5.75 Å². The Labute approximate surface area is 89.9 Å². The van der Waals surface area contributed by atoms with Crippen LogP contribution in [-0.4, -0.2) is 23.7 Å². The zero-order chi connectivity index (χ0) is 12.3. The summed E-state index contributed by atoms with van der Waals surface area (Å²) in [6, 6.07) is 3.83. The zero-order valence-corrected chi connectivity index (χ0v) is 8.43. The summed E-state index contributed by atoms with van der Waals surface area (Å²) in [6.45, 7) is 0.161. The predicted octanol–water partition coefficient (Wildman–Crippen LogP) is 1.99. The van der Waals surface area contributed by atoms with Crippen LogP contribution < -0.4 is 5.32 Å². The predicted molar refractivity (Wildman–Crippen MR) is 51.2 cm³/mol. The maximum Gasteiger partial charge on any atom is 0.405 e. The van der Waals surface area contributed by atoms with Gasteiger partial charge in [0.15, 0.2) is 0 Å². The molecule has 1 amide bonds. The van der Waals surface area contributed by atoms with Crippen molar-refractivity contribution >= 4 is 5.91 Å². The number of carbonyl (C=O) groups is 1. The summed E-state index contributed by atoms with van der Waals surface area (Å²) in [5, 5.41) is 10.8. The van der Waals surface area contributed by atoms with Gasteiger partial charge in [0.2, 0.25) is 0 Å². The summed E-state index contributed by atoms with van der Waals surface area (Å²) in [6.07, 6.45) is -4.43. The maximum atomic E-state index is 11.8. The highest BCUT2D eigenvalue weighted by atomic mass is 19.4. The third-order valence-corrected chi connectivity index (χ3v) is 1.90. The summed E-state index contributed by atoms with van der Waals surface area (Å²) < 4.78 is 35.5. The van der Waals surface area contributed by atoms with Gasteiger partial charge in [0, 0.05) is 5.56 Å². The van der Waals surface area contributed by atoms with Crippen molar-refractivity contribution in [2.24, 2.45) is 0 Å². The van der Waals surface area contributed by atoms with Crippen molar-refractivity contribution in [2.75, 3.05) is 6.54 Å². The van der Waals surface area contributed by atoms with Gasteiger partial charge in [0.05, 0.1) is 0 Å². The standard InChI is InChI=1S/C10H10F3NO2/c1-6-4-7(15)2-3-8(6)9(16)14-5-10(11,12)13/h2-4,15H,5H2,1H3,(H,14,16). The minimum atomic E-state index is -4.43. The molecule has 0 fully saturated rings. The lowest BCUT2D eigenvalue weighted by atomic mass is 10.1. The van der Waals surface area contributed by atoms with Crippen LogP contribution in [-0.2, 0) is 0 Å². The minimum Gasteiger partial charge on any atom is -0.508 e. The van der Waals surface area contributed by atoms with Crippen LogP contribution in [0.3, 0.4) is 0 Å². The molecule has 0 aliphatic carbocycles. The molecular weight excluding hydrogens is 223 g/mol. The van der Waals surface area contributed by atoms with E-state index < -0.39 is 18.6 Å². The zero-order valence-electron chi connectivity index (χ0n) is 8.43. The molecule has 88 valence electrons. The first-order chi connectivity index (χ1) is 7.29. The van der Waals surface area contributed by atoms with E-state index in [9.17, 15) is 18.0 Å². The maximum absolute atomic E-state index is 11.8. The van der Waals surface area contributed by atoms with Gasteiger partial charge in [-0.15, -0.1) is 0 Å². The van der Waals surface area contributed by atoms with E-state index in [1.54, 1.807) is 5.32 Å². The number of phenols is 1. The summed E-state index contributed by atoms with van der Waals surface area (Å²) in [5.41, 5.74) is 0.529. The largest absolute Gasteiger partial charge is 0.508 e. The van der Waals surface area contributed by atoms with Gasteiger partial charge in [-0.1, -0.05) is 0 Å². The van der Waals surface area contributed by atoms with Gasteiger partial charge >= 0.3 is 6.18 Å². The molecular formula is C10H10F3NO2. The second kappa shape index (κ2) is 4.42. The molecule has 0 radical (unpaired) electrons. The molecule has 1 aromatic rings. The number of aryl methyl sites for hydroxylation is 1. The van der Waals surface area contributed by atoms with Gasteiger partial charge in [-0.3, -0.25) is 4.79 Å². The first kappa shape index (κ1) is 12.4. The van der Waals surface area contributed by atoms with Crippen LogP contribution in [0.1, 0.15) is 15.9 Å². The molecule has 0 aliphatic rings. The van der Waals surface area contributed by atoms with E-state index >= 15 is 0 Å². The molecule has 1 rings (SSSR count). The molecule has 0 spiro atoms. The van der Waals surface area contributed by atoms with E-state index in [0.717, 1.165) is 0 Å². The van der Waals surface area contributed by atoms with Crippen molar-refractivity contribution in [3.63, 3.8) is 0 Å². The van der Waals surface area contributed by atoms with Crippen LogP contribution >= 0.6 is 0 Å². The van der Waals surface area contributed by atoms with E-state index in [2.05, 4.69) is 0 Å². The molecule has 0 aromatic heterocycles. The average molecular weight is 233 g/mol. The summed E-state index contributed by atoms with van der Waals surface area (Å²) in [5.74, 6) is -0.848. The normalized spacial score (nSPS) is 11.2. The number of carbonyl (C=O) groups excluding carboxylic acids is 1. The van der Waals surface area contributed by atoms with Crippen molar-refractivity contribution in [2.45, 2.75) is 13.1 Å². The molecule has 0 saturated heterocycles. The van der Waals surface area contributed by atoms with E-state index in [1.165, 1.54) is 25.1 Å². The number of benzene rings is 1. The smallest absolute Gasteiger partial charge is 0.405 e. The number of amides is 1. The molecule has 0 saturated carbocycles. The molecule has 0 unspecified atom stereocenters. The highest BCUT2D eigenvalue weighted by Crippen LogP contribution is 2.16. The summed E-state index contributed by atoms with van der Waals surface area (Å²) >= 11 is 0. The number of phenolic OH excluding ortho intramolecular Hbond substituents is 1. The number of alkyl halides is 3. The highest BCUT2D eigenvalue weighted by Gasteiger charge is 2.28. The number of halogens is 3. The third kappa shape index (κ3) is 3.45. The number of hydrogen-bond acceptors (Lipinski definition) is 2. The Hall–Kier alpha value is -1.72. The molecule has 0 heterocycles. The van der Waals surface area contributed by atoms with Crippen molar-refractivity contribution in [3.05, 3.63) is 29.3 Å². The average Bonchev–Trinajstić information content (AvgIpc) is 2.13. The molecule has 0 aliphatic heterocycles.